The van der Waals surface area contributed by atoms with E-state index in [9.17, 15) is 9.18 Å². The molecule has 0 aliphatic rings. The van der Waals surface area contributed by atoms with Crippen molar-refractivity contribution < 1.29 is 9.18 Å². The van der Waals surface area contributed by atoms with Gasteiger partial charge in [-0.15, -0.1) is 11.3 Å². The minimum absolute atomic E-state index is 0.117. The average molecular weight is 389 g/mol. The summed E-state index contributed by atoms with van der Waals surface area (Å²) in [5, 5.41) is 8.67. The maximum Gasteiger partial charge on any atom is 0.238 e. The van der Waals surface area contributed by atoms with Gasteiger partial charge < -0.3 is 5.32 Å². The Morgan fingerprint density at radius 2 is 1.96 bits per heavy atom. The van der Waals surface area contributed by atoms with Crippen molar-refractivity contribution in [2.24, 2.45) is 0 Å². The number of thiophene rings is 1. The van der Waals surface area contributed by atoms with Crippen molar-refractivity contribution in [1.29, 1.82) is 0 Å². The number of hydrogen-bond acceptors (Lipinski definition) is 3. The van der Waals surface area contributed by atoms with Gasteiger partial charge in [-0.05, 0) is 53.8 Å². The number of rotatable bonds is 6. The first-order valence-corrected chi connectivity index (χ1v) is 9.37. The molecule has 0 radical (unpaired) electrons. The molecule has 2 aromatic carbocycles. The molecule has 0 bridgehead atoms. The van der Waals surface area contributed by atoms with Crippen LogP contribution < -0.4 is 10.6 Å². The highest BCUT2D eigenvalue weighted by Gasteiger charge is 2.16. The third-order valence-corrected chi connectivity index (χ3v) is 5.14. The normalized spacial score (nSPS) is 12.0. The van der Waals surface area contributed by atoms with E-state index in [-0.39, 0.29) is 24.3 Å². The van der Waals surface area contributed by atoms with Crippen molar-refractivity contribution in [2.75, 3.05) is 11.9 Å². The van der Waals surface area contributed by atoms with Gasteiger partial charge in [0.2, 0.25) is 5.91 Å². The summed E-state index contributed by atoms with van der Waals surface area (Å²) in [5.41, 5.74) is 2.54. The molecule has 1 amide bonds. The Balaban J connectivity index is 1.70. The van der Waals surface area contributed by atoms with E-state index in [2.05, 4.69) is 10.6 Å². The van der Waals surface area contributed by atoms with Gasteiger partial charge in [-0.2, -0.15) is 0 Å². The zero-order valence-electron chi connectivity index (χ0n) is 14.1. The first kappa shape index (κ1) is 18.6. The molecule has 0 fully saturated rings. The van der Waals surface area contributed by atoms with Crippen LogP contribution in [-0.4, -0.2) is 12.5 Å². The lowest BCUT2D eigenvalue weighted by molar-refractivity contribution is -0.115. The van der Waals surface area contributed by atoms with Gasteiger partial charge in [-0.1, -0.05) is 35.9 Å². The molecular weight excluding hydrogens is 371 g/mol. The number of hydrogen-bond donors (Lipinski definition) is 2. The van der Waals surface area contributed by atoms with E-state index in [0.29, 0.717) is 10.7 Å². The number of anilines is 1. The second kappa shape index (κ2) is 8.45. The van der Waals surface area contributed by atoms with Crippen LogP contribution >= 0.6 is 22.9 Å². The topological polar surface area (TPSA) is 41.1 Å². The largest absolute Gasteiger partial charge is 0.325 e. The Hall–Kier alpha value is -2.21. The van der Waals surface area contributed by atoms with E-state index in [1.807, 2.05) is 30.5 Å². The zero-order chi connectivity index (χ0) is 18.5. The molecule has 0 unspecified atom stereocenters. The minimum Gasteiger partial charge on any atom is -0.325 e. The highest BCUT2D eigenvalue weighted by Crippen LogP contribution is 2.26. The quantitative estimate of drug-likeness (QED) is 0.611. The first-order chi connectivity index (χ1) is 12.5. The lowest BCUT2D eigenvalue weighted by Gasteiger charge is -2.18. The molecule has 1 atom stereocenters. The summed E-state index contributed by atoms with van der Waals surface area (Å²) in [7, 11) is 0. The second-order valence-electron chi connectivity index (χ2n) is 5.89. The van der Waals surface area contributed by atoms with Gasteiger partial charge >= 0.3 is 0 Å². The van der Waals surface area contributed by atoms with Gasteiger partial charge in [0, 0.05) is 15.6 Å². The molecule has 0 saturated carbocycles. The van der Waals surface area contributed by atoms with Crippen LogP contribution in [0, 0.1) is 12.7 Å². The van der Waals surface area contributed by atoms with Gasteiger partial charge in [0.05, 0.1) is 12.6 Å². The summed E-state index contributed by atoms with van der Waals surface area (Å²) in [6.07, 6.45) is 0. The Kier molecular flexibility index (Phi) is 6.04. The zero-order valence-corrected chi connectivity index (χ0v) is 15.7. The molecule has 0 saturated heterocycles. The Bertz CT molecular complexity index is 881. The smallest absolute Gasteiger partial charge is 0.238 e. The van der Waals surface area contributed by atoms with Crippen LogP contribution in [0.3, 0.4) is 0 Å². The highest BCUT2D eigenvalue weighted by molar-refractivity contribution is 7.10. The lowest BCUT2D eigenvalue weighted by Crippen LogP contribution is -2.31. The fourth-order valence-electron chi connectivity index (χ4n) is 2.61. The number of halogens is 2. The third kappa shape index (κ3) is 4.69. The summed E-state index contributed by atoms with van der Waals surface area (Å²) in [4.78, 5) is 13.4. The molecule has 3 nitrogen and oxygen atoms in total. The molecular formula is C20H18ClFN2OS. The van der Waals surface area contributed by atoms with Crippen LogP contribution in [0.1, 0.15) is 22.0 Å². The van der Waals surface area contributed by atoms with Crippen LogP contribution in [0.15, 0.2) is 60.0 Å². The van der Waals surface area contributed by atoms with E-state index >= 15 is 0 Å². The van der Waals surface area contributed by atoms with E-state index in [1.165, 1.54) is 12.1 Å². The Morgan fingerprint density at radius 3 is 2.65 bits per heavy atom. The fraction of sp³-hybridized carbons (Fsp3) is 0.150. The van der Waals surface area contributed by atoms with Crippen molar-refractivity contribution in [3.05, 3.63) is 86.8 Å². The van der Waals surface area contributed by atoms with Gasteiger partial charge in [-0.3, -0.25) is 10.1 Å². The molecule has 1 heterocycles. The maximum atomic E-state index is 13.2. The van der Waals surface area contributed by atoms with E-state index in [4.69, 9.17) is 11.6 Å². The summed E-state index contributed by atoms with van der Waals surface area (Å²) in [6.45, 7) is 2.03. The molecule has 26 heavy (non-hydrogen) atoms. The van der Waals surface area contributed by atoms with E-state index < -0.39 is 0 Å². The molecule has 3 rings (SSSR count). The monoisotopic (exact) mass is 388 g/mol. The van der Waals surface area contributed by atoms with Crippen LogP contribution in [0.5, 0.6) is 0 Å². The van der Waals surface area contributed by atoms with Crippen LogP contribution in [-0.2, 0) is 4.79 Å². The molecule has 0 spiro atoms. The minimum atomic E-state index is -0.284. The van der Waals surface area contributed by atoms with Crippen molar-refractivity contribution >= 4 is 34.5 Å². The van der Waals surface area contributed by atoms with Crippen molar-refractivity contribution in [3.8, 4) is 0 Å². The molecule has 3 aromatic rings. The predicted molar refractivity (Wildman–Crippen MR) is 105 cm³/mol. The molecule has 6 heteroatoms. The third-order valence-electron chi connectivity index (χ3n) is 3.97. The summed E-state index contributed by atoms with van der Waals surface area (Å²) < 4.78 is 13.2. The maximum absolute atomic E-state index is 13.2. The number of carbonyl (C=O) groups is 1. The van der Waals surface area contributed by atoms with Crippen molar-refractivity contribution in [2.45, 2.75) is 13.0 Å². The fourth-order valence-corrected chi connectivity index (χ4v) is 3.61. The van der Waals surface area contributed by atoms with Crippen molar-refractivity contribution in [1.82, 2.24) is 5.32 Å². The predicted octanol–water partition coefficient (Wildman–Crippen LogP) is 5.17. The van der Waals surface area contributed by atoms with Gasteiger partial charge in [0.15, 0.2) is 0 Å². The van der Waals surface area contributed by atoms with Gasteiger partial charge in [-0.25, -0.2) is 4.39 Å². The molecule has 134 valence electrons. The van der Waals surface area contributed by atoms with Gasteiger partial charge in [0.1, 0.15) is 5.82 Å². The first-order valence-electron chi connectivity index (χ1n) is 8.11. The van der Waals surface area contributed by atoms with Crippen LogP contribution in [0.2, 0.25) is 5.02 Å². The van der Waals surface area contributed by atoms with Crippen molar-refractivity contribution in [3.63, 3.8) is 0 Å². The summed E-state index contributed by atoms with van der Waals surface area (Å²) >= 11 is 7.58. The standard InChI is InChI=1S/C20H18ClFN2OS/c1-13-4-7-15(21)11-17(13)24-19(25)12-23-20(18-3-2-10-26-18)14-5-8-16(22)9-6-14/h2-11,20,23H,12H2,1H3,(H,24,25)/t20-/m0/s1. The number of carbonyl (C=O) groups excluding carboxylic acids is 1. The summed E-state index contributed by atoms with van der Waals surface area (Å²) in [6, 6.07) is 15.4. The average Bonchev–Trinajstić information content (AvgIpc) is 3.14. The molecule has 0 aliphatic heterocycles. The summed E-state index contributed by atoms with van der Waals surface area (Å²) in [5.74, 6) is -0.452. The lowest BCUT2D eigenvalue weighted by atomic mass is 10.1. The van der Waals surface area contributed by atoms with Crippen LogP contribution in [0.4, 0.5) is 10.1 Å². The number of aryl methyl sites for hydroxylation is 1. The highest BCUT2D eigenvalue weighted by atomic mass is 35.5. The molecule has 1 aromatic heterocycles. The Labute approximate surface area is 160 Å². The van der Waals surface area contributed by atoms with E-state index in [0.717, 1.165) is 16.0 Å². The number of benzene rings is 2. The molecule has 0 aliphatic carbocycles. The SMILES string of the molecule is Cc1ccc(Cl)cc1NC(=O)CN[C@@H](c1ccc(F)cc1)c1cccs1. The Morgan fingerprint density at radius 1 is 1.19 bits per heavy atom. The second-order valence-corrected chi connectivity index (χ2v) is 7.30. The number of amides is 1. The molecule has 2 N–H and O–H groups in total. The van der Waals surface area contributed by atoms with E-state index in [1.54, 1.807) is 35.6 Å². The number of nitrogens with one attached hydrogen (secondary N) is 2. The van der Waals surface area contributed by atoms with Gasteiger partial charge in [0.25, 0.3) is 0 Å². The van der Waals surface area contributed by atoms with Crippen LogP contribution in [0.25, 0.3) is 0 Å².